The Balaban J connectivity index is 1.75. The lowest BCUT2D eigenvalue weighted by atomic mass is 9.79. The summed E-state index contributed by atoms with van der Waals surface area (Å²) < 4.78 is 0. The van der Waals surface area contributed by atoms with Crippen molar-refractivity contribution < 1.29 is 19.7 Å². The molecule has 1 aliphatic heterocycles. The van der Waals surface area contributed by atoms with Crippen molar-refractivity contribution in [2.24, 2.45) is 11.8 Å². The van der Waals surface area contributed by atoms with Crippen molar-refractivity contribution in [3.8, 4) is 0 Å². The average molecular weight is 378 g/mol. The molecule has 0 unspecified atom stereocenters. The van der Waals surface area contributed by atoms with Crippen molar-refractivity contribution in [3.05, 3.63) is 12.2 Å². The molecule has 2 aliphatic rings. The third kappa shape index (κ3) is 6.87. The number of Topliss-reactive ketones (excluding diaryl/α,β-unsaturated/α-hetero) is 1. The van der Waals surface area contributed by atoms with E-state index in [-0.39, 0.29) is 23.5 Å². The highest BCUT2D eigenvalue weighted by atomic mass is 16.3. The van der Waals surface area contributed by atoms with E-state index in [1.165, 1.54) is 0 Å². The normalized spacial score (nSPS) is 26.7. The van der Waals surface area contributed by atoms with Gasteiger partial charge in [0.25, 0.3) is 0 Å². The zero-order chi connectivity index (χ0) is 19.6. The van der Waals surface area contributed by atoms with E-state index in [4.69, 9.17) is 0 Å². The Morgan fingerprint density at radius 3 is 2.89 bits per heavy atom. The van der Waals surface area contributed by atoms with Crippen LogP contribution < -0.4 is 4.99 Å². The number of carbonyl (C=O) groups excluding carboxylic acids is 2. The van der Waals surface area contributed by atoms with Gasteiger partial charge in [-0.2, -0.15) is 0 Å². The first kappa shape index (κ1) is 21.8. The fourth-order valence-corrected chi connectivity index (χ4v) is 4.32. The Kier molecular flexibility index (Phi) is 9.19. The summed E-state index contributed by atoms with van der Waals surface area (Å²) in [6.07, 6.45) is 12.0. The maximum Gasteiger partial charge on any atom is 0.332 e. The van der Waals surface area contributed by atoms with Crippen molar-refractivity contribution in [2.75, 3.05) is 19.6 Å². The Hall–Kier alpha value is -1.49. The molecule has 0 aromatic heterocycles. The molecule has 0 radical (unpaired) electrons. The molecule has 5 heteroatoms. The maximum atomic E-state index is 12.7. The molecule has 1 fully saturated rings. The summed E-state index contributed by atoms with van der Waals surface area (Å²) in [5.74, 6) is 0.193. The zero-order valence-corrected chi connectivity index (χ0v) is 17.1. The van der Waals surface area contributed by atoms with Crippen LogP contribution in [0.5, 0.6) is 0 Å². The van der Waals surface area contributed by atoms with Crippen LogP contribution in [0.3, 0.4) is 0 Å². The van der Waals surface area contributed by atoms with E-state index in [9.17, 15) is 14.7 Å². The number of carbonyl (C=O) groups is 2. The summed E-state index contributed by atoms with van der Waals surface area (Å²) in [7, 11) is 0. The van der Waals surface area contributed by atoms with E-state index >= 15 is 0 Å². The second-order valence-corrected chi connectivity index (χ2v) is 8.18. The zero-order valence-electron chi connectivity index (χ0n) is 17.1. The molecule has 1 saturated heterocycles. The Morgan fingerprint density at radius 2 is 2.15 bits per heavy atom. The van der Waals surface area contributed by atoms with Gasteiger partial charge in [-0.25, -0.2) is 4.99 Å². The van der Waals surface area contributed by atoms with Crippen LogP contribution in [0.25, 0.3) is 0 Å². The van der Waals surface area contributed by atoms with Gasteiger partial charge in [-0.15, -0.1) is 0 Å². The quantitative estimate of drug-likeness (QED) is 0.251. The van der Waals surface area contributed by atoms with Crippen molar-refractivity contribution in [1.29, 1.82) is 0 Å². The topological polar surface area (TPSA) is 71.6 Å². The van der Waals surface area contributed by atoms with Crippen LogP contribution in [0.2, 0.25) is 0 Å². The lowest BCUT2D eigenvalue weighted by molar-refractivity contribution is -0.468. The van der Waals surface area contributed by atoms with Crippen molar-refractivity contribution >= 4 is 17.5 Å². The van der Waals surface area contributed by atoms with E-state index in [2.05, 4.69) is 16.8 Å². The predicted octanol–water partition coefficient (Wildman–Crippen LogP) is 2.20. The van der Waals surface area contributed by atoms with Gasteiger partial charge in [0.1, 0.15) is 12.3 Å². The number of aliphatic hydroxyl groups excluding tert-OH is 1. The minimum atomic E-state index is -0.436. The minimum absolute atomic E-state index is 0.0124. The third-order valence-corrected chi connectivity index (χ3v) is 5.92. The number of unbranched alkanes of at least 4 members (excludes halogenated alkanes) is 2. The van der Waals surface area contributed by atoms with Gasteiger partial charge in [-0.1, -0.05) is 32.8 Å². The number of aliphatic hydroxyl groups is 1. The lowest BCUT2D eigenvalue weighted by Crippen LogP contribution is -2.73. The van der Waals surface area contributed by atoms with E-state index in [0.717, 1.165) is 71.0 Å². The van der Waals surface area contributed by atoms with Gasteiger partial charge < -0.3 is 5.11 Å². The van der Waals surface area contributed by atoms with Crippen molar-refractivity contribution in [3.63, 3.8) is 0 Å². The van der Waals surface area contributed by atoms with Gasteiger partial charge in [0.2, 0.25) is 0 Å². The fraction of sp³-hybridized carbons (Fsp3) is 0.773. The van der Waals surface area contributed by atoms with E-state index < -0.39 is 5.92 Å². The lowest BCUT2D eigenvalue weighted by Gasteiger charge is -2.27. The number of nitrogens with zero attached hydrogens (tertiary/aromatic N) is 1. The standard InChI is InChI=1S/C22H36N2O3/c1-3-4-5-12-21(27)23-13-8-15-24-14-7-10-18(24)16-20(26)22-17(2)9-6-11-19(22)25/h6,11,17-18,22H,3-5,7-10,12-16H2,1-2H3,(H,23,27)/p+1/t17-,18+,22+/m0/s1. The van der Waals surface area contributed by atoms with Crippen molar-refractivity contribution in [2.45, 2.75) is 77.7 Å². The smallest absolute Gasteiger partial charge is 0.332 e. The number of rotatable bonds is 11. The van der Waals surface area contributed by atoms with Crippen molar-refractivity contribution in [1.82, 2.24) is 4.90 Å². The molecular weight excluding hydrogens is 340 g/mol. The highest BCUT2D eigenvalue weighted by Gasteiger charge is 2.35. The molecular formula is C22H37N2O3+. The molecule has 0 spiro atoms. The molecule has 0 aromatic rings. The Labute approximate surface area is 163 Å². The van der Waals surface area contributed by atoms with Crippen LogP contribution >= 0.6 is 0 Å². The second-order valence-electron chi connectivity index (χ2n) is 8.18. The van der Waals surface area contributed by atoms with Gasteiger partial charge in [-0.3, -0.25) is 14.5 Å². The summed E-state index contributed by atoms with van der Waals surface area (Å²) in [5, 5.41) is 9.84. The van der Waals surface area contributed by atoms with Crippen LogP contribution in [0.15, 0.2) is 12.2 Å². The van der Waals surface area contributed by atoms with E-state index in [0.29, 0.717) is 12.3 Å². The molecule has 0 amide bonds. The molecule has 0 aromatic carbocycles. The van der Waals surface area contributed by atoms with Gasteiger partial charge in [0, 0.05) is 25.4 Å². The fourth-order valence-electron chi connectivity index (χ4n) is 4.32. The van der Waals surface area contributed by atoms with Crippen LogP contribution in [-0.4, -0.2) is 53.1 Å². The molecule has 27 heavy (non-hydrogen) atoms. The summed E-state index contributed by atoms with van der Waals surface area (Å²) in [6.45, 7) is 6.88. The predicted molar refractivity (Wildman–Crippen MR) is 108 cm³/mol. The first-order chi connectivity index (χ1) is 13.0. The molecule has 1 heterocycles. The summed E-state index contributed by atoms with van der Waals surface area (Å²) in [4.78, 5) is 30.4. The van der Waals surface area contributed by atoms with Gasteiger partial charge in [-0.05, 0) is 44.2 Å². The van der Waals surface area contributed by atoms with Gasteiger partial charge in [0.05, 0.1) is 12.3 Å². The molecule has 5 nitrogen and oxygen atoms in total. The number of nitrogens with one attached hydrogen (secondary N) is 1. The van der Waals surface area contributed by atoms with Crippen LogP contribution in [0.4, 0.5) is 0 Å². The number of ketones is 2. The Morgan fingerprint density at radius 1 is 1.33 bits per heavy atom. The molecule has 2 rings (SSSR count). The number of hydrogen-bond acceptors (Lipinski definition) is 3. The minimum Gasteiger partial charge on any atom is -0.464 e. The number of hydrogen-bond donors (Lipinski definition) is 2. The maximum absolute atomic E-state index is 12.7. The number of likely N-dealkylation sites (tertiary alicyclic amines) is 1. The summed E-state index contributed by atoms with van der Waals surface area (Å²) in [5.41, 5.74) is 0. The average Bonchev–Trinajstić information content (AvgIpc) is 3.06. The molecule has 3 atom stereocenters. The number of allylic oxidation sites excluding steroid dienone is 2. The SMILES string of the molecule is CCCCCC(O)=[NH+]CCCN1CCC[C@@H]1CC(=O)[C@H]1C(=O)C=CC[C@@H]1C. The molecule has 1 aliphatic carbocycles. The monoisotopic (exact) mass is 377 g/mol. The molecule has 152 valence electrons. The third-order valence-electron chi connectivity index (χ3n) is 5.92. The second kappa shape index (κ2) is 11.4. The molecule has 0 bridgehead atoms. The highest BCUT2D eigenvalue weighted by Crippen LogP contribution is 2.28. The van der Waals surface area contributed by atoms with E-state index in [1.807, 2.05) is 13.0 Å². The van der Waals surface area contributed by atoms with Crippen LogP contribution in [-0.2, 0) is 9.59 Å². The highest BCUT2D eigenvalue weighted by molar-refractivity contribution is 6.08. The van der Waals surface area contributed by atoms with Crippen LogP contribution in [0, 0.1) is 11.8 Å². The molecule has 0 saturated carbocycles. The summed E-state index contributed by atoms with van der Waals surface area (Å²) in [6, 6.07) is 0.269. The van der Waals surface area contributed by atoms with Gasteiger partial charge in [0.15, 0.2) is 5.78 Å². The van der Waals surface area contributed by atoms with Crippen LogP contribution in [0.1, 0.15) is 71.6 Å². The first-order valence-corrected chi connectivity index (χ1v) is 10.8. The largest absolute Gasteiger partial charge is 0.464 e. The van der Waals surface area contributed by atoms with E-state index in [1.54, 1.807) is 6.08 Å². The summed E-state index contributed by atoms with van der Waals surface area (Å²) >= 11 is 0. The first-order valence-electron chi connectivity index (χ1n) is 10.8. The Bertz CT molecular complexity index is 556. The molecule has 2 N–H and O–H groups in total. The van der Waals surface area contributed by atoms with Gasteiger partial charge >= 0.3 is 5.90 Å².